The molecule has 2 aliphatic heterocycles. The van der Waals surface area contributed by atoms with Crippen LogP contribution in [-0.4, -0.2) is 41.2 Å². The molecular formula is C19H18F2N4O3. The lowest BCUT2D eigenvalue weighted by Gasteiger charge is -2.36. The Labute approximate surface area is 159 Å². The van der Waals surface area contributed by atoms with Crippen LogP contribution in [0, 0.1) is 0 Å². The van der Waals surface area contributed by atoms with Gasteiger partial charge >= 0.3 is 0 Å². The van der Waals surface area contributed by atoms with Gasteiger partial charge in [0.2, 0.25) is 6.79 Å². The van der Waals surface area contributed by atoms with E-state index in [-0.39, 0.29) is 31.6 Å². The van der Waals surface area contributed by atoms with Gasteiger partial charge in [-0.25, -0.2) is 18.7 Å². The van der Waals surface area contributed by atoms with Crippen LogP contribution in [0.1, 0.15) is 40.3 Å². The topological polar surface area (TPSA) is 85.4 Å². The van der Waals surface area contributed by atoms with E-state index < -0.39 is 5.92 Å². The number of nitrogens with one attached hydrogen (secondary N) is 2. The number of rotatable bonds is 4. The van der Waals surface area contributed by atoms with E-state index in [1.807, 2.05) is 18.2 Å². The first kappa shape index (κ1) is 17.2. The summed E-state index contributed by atoms with van der Waals surface area (Å²) in [5, 5.41) is 5.87. The number of hydrogen-bond acceptors (Lipinski definition) is 6. The van der Waals surface area contributed by atoms with E-state index in [0.29, 0.717) is 53.8 Å². The van der Waals surface area contributed by atoms with E-state index >= 15 is 0 Å². The fourth-order valence-electron chi connectivity index (χ4n) is 3.73. The first-order valence-corrected chi connectivity index (χ1v) is 9.18. The van der Waals surface area contributed by atoms with E-state index in [1.165, 1.54) is 0 Å². The molecule has 0 atom stereocenters. The van der Waals surface area contributed by atoms with Crippen molar-refractivity contribution in [2.24, 2.45) is 0 Å². The fourth-order valence-corrected chi connectivity index (χ4v) is 3.73. The number of benzene rings is 1. The van der Waals surface area contributed by atoms with Crippen LogP contribution >= 0.6 is 0 Å². The van der Waals surface area contributed by atoms with Gasteiger partial charge in [0.05, 0.1) is 0 Å². The minimum Gasteiger partial charge on any atom is -0.454 e. The molecule has 3 heterocycles. The molecule has 1 fully saturated rings. The summed E-state index contributed by atoms with van der Waals surface area (Å²) in [5.41, 5.74) is 1.90. The van der Waals surface area contributed by atoms with Crippen LogP contribution in [0.25, 0.3) is 0 Å². The minimum absolute atomic E-state index is 0.189. The molecule has 0 unspecified atom stereocenters. The number of carbonyl (C=O) groups is 1. The lowest BCUT2D eigenvalue weighted by Crippen LogP contribution is -2.45. The van der Waals surface area contributed by atoms with Crippen molar-refractivity contribution < 1.29 is 23.0 Å². The summed E-state index contributed by atoms with van der Waals surface area (Å²) < 4.78 is 37.1. The summed E-state index contributed by atoms with van der Waals surface area (Å²) in [6, 6.07) is 5.21. The van der Waals surface area contributed by atoms with Crippen molar-refractivity contribution in [1.29, 1.82) is 0 Å². The fraction of sp³-hybridized carbons (Fsp3) is 0.421. The first-order valence-electron chi connectivity index (χ1n) is 9.18. The molecule has 1 aromatic carbocycles. The van der Waals surface area contributed by atoms with Crippen LogP contribution in [0.5, 0.6) is 11.5 Å². The summed E-state index contributed by atoms with van der Waals surface area (Å²) in [6.07, 6.45) is 0.495. The Morgan fingerprint density at radius 1 is 1.21 bits per heavy atom. The lowest BCUT2D eigenvalue weighted by molar-refractivity contribution is -0.0794. The standard InChI is InChI=1S/C19H18F2N4O3/c20-19(21)7-11(8-19)23-17-12-3-4-22-18(26)16(12)24-15(25-17)6-10-1-2-13-14(5-10)28-9-27-13/h1-2,5,11H,3-4,6-9H2,(H,22,26)(H,23,24,25). The average Bonchev–Trinajstić information content (AvgIpc) is 3.09. The smallest absolute Gasteiger partial charge is 0.270 e. The monoisotopic (exact) mass is 388 g/mol. The summed E-state index contributed by atoms with van der Waals surface area (Å²) in [6.45, 7) is 0.667. The SMILES string of the molecule is O=C1NCCc2c(NC3CC(F)(F)C3)nc(Cc3ccc4c(c3)OCO4)nc21. The van der Waals surface area contributed by atoms with E-state index in [0.717, 1.165) is 5.56 Å². The highest BCUT2D eigenvalue weighted by molar-refractivity contribution is 5.96. The second kappa shape index (κ2) is 6.29. The third-order valence-electron chi connectivity index (χ3n) is 5.16. The van der Waals surface area contributed by atoms with Crippen LogP contribution in [-0.2, 0) is 12.8 Å². The van der Waals surface area contributed by atoms with Crippen molar-refractivity contribution >= 4 is 11.7 Å². The second-order valence-corrected chi connectivity index (χ2v) is 7.29. The maximum atomic E-state index is 13.2. The van der Waals surface area contributed by atoms with Crippen LogP contribution in [0.2, 0.25) is 0 Å². The number of amides is 1. The average molecular weight is 388 g/mol. The van der Waals surface area contributed by atoms with Crippen molar-refractivity contribution in [1.82, 2.24) is 15.3 Å². The Morgan fingerprint density at radius 2 is 2.04 bits per heavy atom. The normalized spacial score (nSPS) is 19.6. The lowest BCUT2D eigenvalue weighted by atomic mass is 9.88. The second-order valence-electron chi connectivity index (χ2n) is 7.29. The number of halogens is 2. The van der Waals surface area contributed by atoms with Gasteiger partial charge in [0.1, 0.15) is 17.3 Å². The molecule has 9 heteroatoms. The highest BCUT2D eigenvalue weighted by Crippen LogP contribution is 2.39. The van der Waals surface area contributed by atoms with Gasteiger partial charge in [-0.2, -0.15) is 0 Å². The zero-order valence-corrected chi connectivity index (χ0v) is 14.9. The largest absolute Gasteiger partial charge is 0.454 e. The van der Waals surface area contributed by atoms with E-state index in [9.17, 15) is 13.6 Å². The Kier molecular flexibility index (Phi) is 3.85. The number of aromatic nitrogens is 2. The maximum absolute atomic E-state index is 13.2. The maximum Gasteiger partial charge on any atom is 0.270 e. The van der Waals surface area contributed by atoms with Gasteiger partial charge in [0, 0.05) is 37.4 Å². The highest BCUT2D eigenvalue weighted by atomic mass is 19.3. The Bertz CT molecular complexity index is 958. The predicted molar refractivity (Wildman–Crippen MR) is 95.0 cm³/mol. The zero-order chi connectivity index (χ0) is 19.3. The minimum atomic E-state index is -2.63. The number of hydrogen-bond donors (Lipinski definition) is 2. The van der Waals surface area contributed by atoms with Crippen molar-refractivity contribution in [2.45, 2.75) is 37.6 Å². The number of anilines is 1. The van der Waals surface area contributed by atoms with Crippen LogP contribution < -0.4 is 20.1 Å². The van der Waals surface area contributed by atoms with Gasteiger partial charge in [0.15, 0.2) is 11.5 Å². The molecule has 2 N–H and O–H groups in total. The number of alkyl halides is 2. The number of carbonyl (C=O) groups excluding carboxylic acids is 1. The molecule has 5 rings (SSSR count). The summed E-state index contributed by atoms with van der Waals surface area (Å²) >= 11 is 0. The van der Waals surface area contributed by atoms with Gasteiger partial charge < -0.3 is 20.1 Å². The molecule has 7 nitrogen and oxygen atoms in total. The molecule has 0 spiro atoms. The molecule has 0 bridgehead atoms. The molecule has 0 saturated heterocycles. The highest BCUT2D eigenvalue weighted by Gasteiger charge is 2.45. The molecule has 0 radical (unpaired) electrons. The van der Waals surface area contributed by atoms with Gasteiger partial charge in [-0.05, 0) is 24.1 Å². The quantitative estimate of drug-likeness (QED) is 0.836. The van der Waals surface area contributed by atoms with Gasteiger partial charge in [-0.3, -0.25) is 4.79 Å². The van der Waals surface area contributed by atoms with E-state index in [4.69, 9.17) is 9.47 Å². The van der Waals surface area contributed by atoms with Crippen molar-refractivity contribution in [2.75, 3.05) is 18.7 Å². The number of fused-ring (bicyclic) bond motifs is 2. The molecule has 1 aromatic heterocycles. The molecule has 3 aliphatic rings. The molecule has 1 aliphatic carbocycles. The predicted octanol–water partition coefficient (Wildman–Crippen LogP) is 2.29. The van der Waals surface area contributed by atoms with Crippen molar-refractivity contribution in [3.8, 4) is 11.5 Å². The molecular weight excluding hydrogens is 370 g/mol. The van der Waals surface area contributed by atoms with Crippen molar-refractivity contribution in [3.63, 3.8) is 0 Å². The van der Waals surface area contributed by atoms with E-state index in [2.05, 4.69) is 20.6 Å². The molecule has 146 valence electrons. The van der Waals surface area contributed by atoms with Crippen molar-refractivity contribution in [3.05, 3.63) is 40.8 Å². The summed E-state index contributed by atoms with van der Waals surface area (Å²) in [5.74, 6) is -0.625. The number of nitrogens with zero attached hydrogens (tertiary/aromatic N) is 2. The first-order chi connectivity index (χ1) is 13.5. The summed E-state index contributed by atoms with van der Waals surface area (Å²) in [7, 11) is 0. The molecule has 1 saturated carbocycles. The van der Waals surface area contributed by atoms with Gasteiger partial charge in [-0.1, -0.05) is 6.07 Å². The third-order valence-corrected chi connectivity index (χ3v) is 5.16. The van der Waals surface area contributed by atoms with Gasteiger partial charge in [-0.15, -0.1) is 0 Å². The van der Waals surface area contributed by atoms with Crippen LogP contribution in [0.4, 0.5) is 14.6 Å². The molecule has 2 aromatic rings. The number of ether oxygens (including phenoxy) is 2. The molecule has 1 amide bonds. The van der Waals surface area contributed by atoms with Crippen LogP contribution in [0.15, 0.2) is 18.2 Å². The van der Waals surface area contributed by atoms with E-state index in [1.54, 1.807) is 0 Å². The Balaban J connectivity index is 1.45. The molecule has 28 heavy (non-hydrogen) atoms. The summed E-state index contributed by atoms with van der Waals surface area (Å²) in [4.78, 5) is 21.3. The van der Waals surface area contributed by atoms with Gasteiger partial charge in [0.25, 0.3) is 11.8 Å². The third kappa shape index (κ3) is 3.10. The zero-order valence-electron chi connectivity index (χ0n) is 14.9. The Hall–Kier alpha value is -2.97. The van der Waals surface area contributed by atoms with Crippen LogP contribution in [0.3, 0.4) is 0 Å². The Morgan fingerprint density at radius 3 is 2.86 bits per heavy atom.